The summed E-state index contributed by atoms with van der Waals surface area (Å²) in [5.41, 5.74) is -0.192. The maximum absolute atomic E-state index is 14.0. The van der Waals surface area contributed by atoms with E-state index in [9.17, 15) is 31.2 Å². The Labute approximate surface area is 249 Å². The van der Waals surface area contributed by atoms with Crippen molar-refractivity contribution in [2.75, 3.05) is 23.7 Å². The van der Waals surface area contributed by atoms with Gasteiger partial charge in [0.2, 0.25) is 21.8 Å². The van der Waals surface area contributed by atoms with Gasteiger partial charge < -0.3 is 10.2 Å². The van der Waals surface area contributed by atoms with Gasteiger partial charge in [0.15, 0.2) is 0 Å². The molecule has 3 rings (SSSR count). The molecule has 3 aromatic carbocycles. The first-order valence-corrected chi connectivity index (χ1v) is 15.4. The lowest BCUT2D eigenvalue weighted by Gasteiger charge is -2.34. The highest BCUT2D eigenvalue weighted by atomic mass is 35.5. The summed E-state index contributed by atoms with van der Waals surface area (Å²) >= 11 is 6.17. The molecule has 0 aliphatic carbocycles. The lowest BCUT2D eigenvalue weighted by atomic mass is 10.0. The number of carbonyl (C=O) groups is 2. The third kappa shape index (κ3) is 9.22. The van der Waals surface area contributed by atoms with Crippen molar-refractivity contribution in [3.63, 3.8) is 0 Å². The maximum Gasteiger partial charge on any atom is 0.416 e. The van der Waals surface area contributed by atoms with E-state index in [1.807, 2.05) is 19.9 Å². The van der Waals surface area contributed by atoms with E-state index >= 15 is 0 Å². The normalized spacial score (nSPS) is 12.6. The predicted octanol–water partition coefficient (Wildman–Crippen LogP) is 5.54. The SMILES string of the molecule is CC(C)CNC(=O)[C@@H](Cc1ccccc1)N(Cc1ccccc1)C(=O)CN(c1cc(C(F)(F)F)ccc1Cl)S(C)(=O)=O. The number of sulfonamides is 1. The van der Waals surface area contributed by atoms with Gasteiger partial charge in [0, 0.05) is 19.5 Å². The first-order valence-electron chi connectivity index (χ1n) is 13.2. The molecular weight excluding hydrogens is 591 g/mol. The van der Waals surface area contributed by atoms with E-state index in [0.29, 0.717) is 22.5 Å². The van der Waals surface area contributed by atoms with E-state index in [0.717, 1.165) is 24.0 Å². The number of amides is 2. The lowest BCUT2D eigenvalue weighted by Crippen LogP contribution is -2.53. The fourth-order valence-corrected chi connectivity index (χ4v) is 5.35. The van der Waals surface area contributed by atoms with Crippen molar-refractivity contribution >= 4 is 39.1 Å². The van der Waals surface area contributed by atoms with Crippen LogP contribution in [0, 0.1) is 5.92 Å². The second-order valence-electron chi connectivity index (χ2n) is 10.3. The van der Waals surface area contributed by atoms with Crippen LogP contribution in [0.25, 0.3) is 0 Å². The van der Waals surface area contributed by atoms with Crippen LogP contribution in [0.15, 0.2) is 78.9 Å². The van der Waals surface area contributed by atoms with E-state index in [2.05, 4.69) is 5.32 Å². The van der Waals surface area contributed by atoms with Crippen LogP contribution in [-0.2, 0) is 38.8 Å². The van der Waals surface area contributed by atoms with Crippen LogP contribution in [-0.4, -0.2) is 50.5 Å². The Kier molecular flexibility index (Phi) is 11.0. The summed E-state index contributed by atoms with van der Waals surface area (Å²) in [6, 6.07) is 19.0. The van der Waals surface area contributed by atoms with Crippen molar-refractivity contribution in [1.82, 2.24) is 10.2 Å². The fourth-order valence-electron chi connectivity index (χ4n) is 4.23. The molecule has 0 aliphatic heterocycles. The van der Waals surface area contributed by atoms with Crippen LogP contribution in [0.5, 0.6) is 0 Å². The van der Waals surface area contributed by atoms with E-state index < -0.39 is 51.9 Å². The Morgan fingerprint density at radius 1 is 0.929 bits per heavy atom. The van der Waals surface area contributed by atoms with Gasteiger partial charge in [0.25, 0.3) is 0 Å². The Hall–Kier alpha value is -3.57. The van der Waals surface area contributed by atoms with Gasteiger partial charge in [-0.25, -0.2) is 8.42 Å². The van der Waals surface area contributed by atoms with Gasteiger partial charge >= 0.3 is 6.18 Å². The Balaban J connectivity index is 2.09. The van der Waals surface area contributed by atoms with Crippen LogP contribution in [0.3, 0.4) is 0 Å². The van der Waals surface area contributed by atoms with Crippen molar-refractivity contribution in [3.8, 4) is 0 Å². The highest BCUT2D eigenvalue weighted by molar-refractivity contribution is 7.92. The third-order valence-electron chi connectivity index (χ3n) is 6.37. The molecule has 0 saturated heterocycles. The molecule has 1 N–H and O–H groups in total. The Morgan fingerprint density at radius 2 is 1.50 bits per heavy atom. The maximum atomic E-state index is 14.0. The molecule has 0 fully saturated rings. The molecule has 0 bridgehead atoms. The summed E-state index contributed by atoms with van der Waals surface area (Å²) < 4.78 is 66.8. The summed E-state index contributed by atoms with van der Waals surface area (Å²) in [4.78, 5) is 28.8. The smallest absolute Gasteiger partial charge is 0.354 e. The second kappa shape index (κ2) is 14.1. The van der Waals surface area contributed by atoms with Crippen molar-refractivity contribution in [2.45, 2.75) is 39.0 Å². The average molecular weight is 624 g/mol. The number of rotatable bonds is 12. The number of halogens is 4. The molecule has 2 amide bonds. The van der Waals surface area contributed by atoms with Gasteiger partial charge in [-0.1, -0.05) is 86.1 Å². The van der Waals surface area contributed by atoms with E-state index in [1.54, 1.807) is 54.6 Å². The molecule has 0 saturated carbocycles. The molecule has 226 valence electrons. The zero-order chi connectivity index (χ0) is 31.1. The van der Waals surface area contributed by atoms with Gasteiger partial charge in [-0.15, -0.1) is 0 Å². The van der Waals surface area contributed by atoms with Gasteiger partial charge in [0.1, 0.15) is 12.6 Å². The molecule has 0 unspecified atom stereocenters. The molecular formula is C30H33ClF3N3O4S. The van der Waals surface area contributed by atoms with E-state index in [4.69, 9.17) is 11.6 Å². The van der Waals surface area contributed by atoms with Crippen LogP contribution in [0.4, 0.5) is 18.9 Å². The molecule has 42 heavy (non-hydrogen) atoms. The minimum Gasteiger partial charge on any atom is -0.354 e. The Bertz CT molecular complexity index is 1470. The molecule has 0 heterocycles. The molecule has 12 heteroatoms. The minimum absolute atomic E-state index is 0.0554. The van der Waals surface area contributed by atoms with Gasteiger partial charge in [0.05, 0.1) is 22.5 Å². The Morgan fingerprint density at radius 3 is 2.02 bits per heavy atom. The number of carbonyl (C=O) groups excluding carboxylic acids is 2. The first kappa shape index (κ1) is 32.9. The highest BCUT2D eigenvalue weighted by Gasteiger charge is 2.35. The van der Waals surface area contributed by atoms with Crippen LogP contribution in [0.1, 0.15) is 30.5 Å². The number of nitrogens with one attached hydrogen (secondary N) is 1. The van der Waals surface area contributed by atoms with Gasteiger partial charge in [-0.3, -0.25) is 13.9 Å². The van der Waals surface area contributed by atoms with Crippen molar-refractivity contribution in [1.29, 1.82) is 0 Å². The van der Waals surface area contributed by atoms with E-state index in [-0.39, 0.29) is 23.9 Å². The van der Waals surface area contributed by atoms with Crippen LogP contribution in [0.2, 0.25) is 5.02 Å². The predicted molar refractivity (Wildman–Crippen MR) is 157 cm³/mol. The fraction of sp³-hybridized carbons (Fsp3) is 0.333. The molecule has 3 aromatic rings. The number of alkyl halides is 3. The minimum atomic E-state index is -4.78. The third-order valence-corrected chi connectivity index (χ3v) is 7.82. The van der Waals surface area contributed by atoms with Crippen molar-refractivity contribution in [3.05, 3.63) is 101 Å². The van der Waals surface area contributed by atoms with Crippen molar-refractivity contribution < 1.29 is 31.2 Å². The zero-order valence-corrected chi connectivity index (χ0v) is 25.0. The number of hydrogen-bond acceptors (Lipinski definition) is 4. The average Bonchev–Trinajstić information content (AvgIpc) is 2.92. The van der Waals surface area contributed by atoms with Crippen molar-refractivity contribution in [2.24, 2.45) is 5.92 Å². The number of hydrogen-bond donors (Lipinski definition) is 1. The molecule has 0 aromatic heterocycles. The van der Waals surface area contributed by atoms with Crippen LogP contribution < -0.4 is 9.62 Å². The largest absolute Gasteiger partial charge is 0.416 e. The molecule has 0 aliphatic rings. The van der Waals surface area contributed by atoms with E-state index in [1.165, 1.54) is 4.90 Å². The standard InChI is InChI=1S/C30H33ClF3N3O4S/c1-21(2)18-35-29(39)27(16-22-10-6-4-7-11-22)36(19-23-12-8-5-9-13-23)28(38)20-37(42(3,40)41)26-17-24(30(32,33)34)14-15-25(26)31/h4-15,17,21,27H,16,18-20H2,1-3H3,(H,35,39)/t27-/m1/s1. The summed E-state index contributed by atoms with van der Waals surface area (Å²) in [5.74, 6) is -1.12. The quantitative estimate of drug-likeness (QED) is 0.287. The summed E-state index contributed by atoms with van der Waals surface area (Å²) in [6.07, 6.45) is -3.89. The van der Waals surface area contributed by atoms with Crippen LogP contribution >= 0.6 is 11.6 Å². The first-order chi connectivity index (χ1) is 19.7. The van der Waals surface area contributed by atoms with Gasteiger partial charge in [-0.2, -0.15) is 13.2 Å². The monoisotopic (exact) mass is 623 g/mol. The van der Waals surface area contributed by atoms with Gasteiger partial charge in [-0.05, 0) is 35.2 Å². The highest BCUT2D eigenvalue weighted by Crippen LogP contribution is 2.36. The molecule has 0 spiro atoms. The topological polar surface area (TPSA) is 86.8 Å². The summed E-state index contributed by atoms with van der Waals surface area (Å²) in [6.45, 7) is 3.24. The number of anilines is 1. The zero-order valence-electron chi connectivity index (χ0n) is 23.4. The summed E-state index contributed by atoms with van der Waals surface area (Å²) in [5, 5.41) is 2.58. The number of benzene rings is 3. The summed E-state index contributed by atoms with van der Waals surface area (Å²) in [7, 11) is -4.30. The second-order valence-corrected chi connectivity index (χ2v) is 12.6. The number of nitrogens with zero attached hydrogens (tertiary/aromatic N) is 2. The lowest BCUT2D eigenvalue weighted by molar-refractivity contribution is -0.140. The molecule has 7 nitrogen and oxygen atoms in total. The molecule has 0 radical (unpaired) electrons. The molecule has 1 atom stereocenters.